The summed E-state index contributed by atoms with van der Waals surface area (Å²) in [6.45, 7) is 4.94. The lowest BCUT2D eigenvalue weighted by Gasteiger charge is -2.22. The highest BCUT2D eigenvalue weighted by Gasteiger charge is 2.21. The van der Waals surface area contributed by atoms with Gasteiger partial charge in [-0.3, -0.25) is 9.58 Å². The summed E-state index contributed by atoms with van der Waals surface area (Å²) < 4.78 is 1.67. The van der Waals surface area contributed by atoms with Crippen molar-refractivity contribution in [1.82, 2.24) is 14.7 Å². The van der Waals surface area contributed by atoms with E-state index in [2.05, 4.69) is 41.2 Å². The minimum absolute atomic E-state index is 0.114. The molecule has 0 radical (unpaired) electrons. The maximum atomic E-state index is 11.0. The van der Waals surface area contributed by atoms with Crippen LogP contribution in [0.5, 0.6) is 0 Å². The minimum Gasteiger partial charge on any atom is -0.476 e. The molecule has 22 heavy (non-hydrogen) atoms. The summed E-state index contributed by atoms with van der Waals surface area (Å²) in [6, 6.07) is 10.3. The first kappa shape index (κ1) is 14.8. The first-order valence-electron chi connectivity index (χ1n) is 7.61. The smallest absolute Gasteiger partial charge is 0.356 e. The van der Waals surface area contributed by atoms with E-state index in [-0.39, 0.29) is 5.69 Å². The summed E-state index contributed by atoms with van der Waals surface area (Å²) in [5.74, 6) is -0.496. The highest BCUT2D eigenvalue weighted by molar-refractivity contribution is 5.85. The number of rotatable bonds is 3. The molecule has 1 unspecified atom stereocenters. The normalized spacial score (nSPS) is 18.7. The van der Waals surface area contributed by atoms with Crippen LogP contribution in [-0.4, -0.2) is 38.8 Å². The molecule has 0 amide bonds. The highest BCUT2D eigenvalue weighted by atomic mass is 16.4. The van der Waals surface area contributed by atoms with Crippen LogP contribution in [0.2, 0.25) is 0 Å². The summed E-state index contributed by atoms with van der Waals surface area (Å²) in [7, 11) is 1.80. The third kappa shape index (κ3) is 2.90. The van der Waals surface area contributed by atoms with E-state index in [0.717, 1.165) is 31.7 Å². The van der Waals surface area contributed by atoms with Crippen molar-refractivity contribution in [2.45, 2.75) is 25.8 Å². The number of carboxylic acid groups (broad SMARTS) is 1. The van der Waals surface area contributed by atoms with Gasteiger partial charge in [-0.1, -0.05) is 31.2 Å². The van der Waals surface area contributed by atoms with Crippen LogP contribution in [-0.2, 0) is 20.0 Å². The summed E-state index contributed by atoms with van der Waals surface area (Å²) in [5.41, 5.74) is 3.91. The minimum atomic E-state index is -0.974. The first-order valence-corrected chi connectivity index (χ1v) is 7.61. The predicted molar refractivity (Wildman–Crippen MR) is 84.0 cm³/mol. The topological polar surface area (TPSA) is 58.4 Å². The van der Waals surface area contributed by atoms with Gasteiger partial charge in [0, 0.05) is 26.7 Å². The molecule has 0 spiro atoms. The van der Waals surface area contributed by atoms with Gasteiger partial charge in [0.05, 0.1) is 5.69 Å². The molecule has 116 valence electrons. The van der Waals surface area contributed by atoms with Crippen LogP contribution in [0, 0.1) is 0 Å². The Labute approximate surface area is 130 Å². The molecule has 2 aromatic rings. The quantitative estimate of drug-likeness (QED) is 0.944. The number of hydrogen-bond acceptors (Lipinski definition) is 3. The van der Waals surface area contributed by atoms with E-state index in [1.165, 1.54) is 11.1 Å². The number of carboxylic acids is 1. The zero-order valence-corrected chi connectivity index (χ0v) is 13.0. The maximum Gasteiger partial charge on any atom is 0.356 e. The van der Waals surface area contributed by atoms with E-state index in [0.29, 0.717) is 5.92 Å². The molecule has 5 nitrogen and oxygen atoms in total. The molecule has 0 saturated carbocycles. The molecule has 2 heterocycles. The lowest BCUT2D eigenvalue weighted by Crippen LogP contribution is -2.28. The number of hydrogen-bond donors (Lipinski definition) is 1. The fourth-order valence-corrected chi connectivity index (χ4v) is 3.23. The molecule has 5 heteroatoms. The molecular formula is C17H21N3O2. The van der Waals surface area contributed by atoms with E-state index in [4.69, 9.17) is 5.11 Å². The zero-order chi connectivity index (χ0) is 15.7. The average molecular weight is 299 g/mol. The van der Waals surface area contributed by atoms with E-state index in [1.54, 1.807) is 17.8 Å². The van der Waals surface area contributed by atoms with Crippen LogP contribution in [0.3, 0.4) is 0 Å². The van der Waals surface area contributed by atoms with Crippen molar-refractivity contribution in [2.24, 2.45) is 7.05 Å². The van der Waals surface area contributed by atoms with E-state index in [9.17, 15) is 4.79 Å². The molecule has 1 N–H and O–H groups in total. The van der Waals surface area contributed by atoms with Crippen molar-refractivity contribution >= 4 is 5.97 Å². The van der Waals surface area contributed by atoms with Gasteiger partial charge in [-0.25, -0.2) is 4.79 Å². The SMILES string of the molecule is CC1CN(Cc2cc(C(=O)O)nn2C)CCc2ccccc21. The first-order chi connectivity index (χ1) is 10.5. The molecular weight excluding hydrogens is 278 g/mol. The van der Waals surface area contributed by atoms with E-state index in [1.807, 2.05) is 0 Å². The van der Waals surface area contributed by atoms with E-state index >= 15 is 0 Å². The van der Waals surface area contributed by atoms with Crippen LogP contribution in [0.1, 0.15) is 40.2 Å². The van der Waals surface area contributed by atoms with Crippen molar-refractivity contribution in [3.05, 3.63) is 52.8 Å². The van der Waals surface area contributed by atoms with Gasteiger partial charge in [0.2, 0.25) is 0 Å². The predicted octanol–water partition coefficient (Wildman–Crippen LogP) is 2.28. The van der Waals surface area contributed by atoms with Crippen LogP contribution in [0.25, 0.3) is 0 Å². The van der Waals surface area contributed by atoms with Gasteiger partial charge in [-0.15, -0.1) is 0 Å². The second-order valence-corrected chi connectivity index (χ2v) is 6.03. The summed E-state index contributed by atoms with van der Waals surface area (Å²) >= 11 is 0. The van der Waals surface area contributed by atoms with Crippen LogP contribution in [0.15, 0.2) is 30.3 Å². The Hall–Kier alpha value is -2.14. The number of aromatic carboxylic acids is 1. The number of fused-ring (bicyclic) bond motifs is 1. The Morgan fingerprint density at radius 1 is 1.41 bits per heavy atom. The summed E-state index contributed by atoms with van der Waals surface area (Å²) in [5, 5.41) is 13.1. The molecule has 0 fully saturated rings. The molecule has 1 aromatic heterocycles. The van der Waals surface area contributed by atoms with Gasteiger partial charge in [-0.2, -0.15) is 5.10 Å². The molecule has 0 bridgehead atoms. The van der Waals surface area contributed by atoms with Gasteiger partial charge in [0.15, 0.2) is 5.69 Å². The lowest BCUT2D eigenvalue weighted by atomic mass is 9.96. The van der Waals surface area contributed by atoms with Crippen molar-refractivity contribution in [1.29, 1.82) is 0 Å². The third-order valence-electron chi connectivity index (χ3n) is 4.40. The fourth-order valence-electron chi connectivity index (χ4n) is 3.23. The number of nitrogens with zero attached hydrogens (tertiary/aromatic N) is 3. The van der Waals surface area contributed by atoms with Crippen molar-refractivity contribution in [3.63, 3.8) is 0 Å². The van der Waals surface area contributed by atoms with Crippen molar-refractivity contribution < 1.29 is 9.90 Å². The standard InChI is InChI=1S/C17H21N3O2/c1-12-10-20(8-7-13-5-3-4-6-15(12)13)11-14-9-16(17(21)22)18-19(14)2/h3-6,9,12H,7-8,10-11H2,1-2H3,(H,21,22). The van der Waals surface area contributed by atoms with Crippen molar-refractivity contribution in [2.75, 3.05) is 13.1 Å². The molecule has 3 rings (SSSR count). The molecule has 1 aromatic carbocycles. The van der Waals surface area contributed by atoms with Crippen LogP contribution >= 0.6 is 0 Å². The Morgan fingerprint density at radius 3 is 2.91 bits per heavy atom. The Morgan fingerprint density at radius 2 is 2.18 bits per heavy atom. The summed E-state index contributed by atoms with van der Waals surface area (Å²) in [4.78, 5) is 13.4. The fraction of sp³-hybridized carbons (Fsp3) is 0.412. The van der Waals surface area contributed by atoms with E-state index < -0.39 is 5.97 Å². The Balaban J connectivity index is 1.76. The number of aryl methyl sites for hydroxylation is 1. The average Bonchev–Trinajstić information content (AvgIpc) is 2.78. The highest BCUT2D eigenvalue weighted by Crippen LogP contribution is 2.25. The molecule has 1 atom stereocenters. The second-order valence-electron chi connectivity index (χ2n) is 6.03. The number of carbonyl (C=O) groups is 1. The second kappa shape index (κ2) is 5.93. The Bertz CT molecular complexity index is 693. The Kier molecular flexibility index (Phi) is 3.98. The number of aromatic nitrogens is 2. The molecule has 1 aliphatic heterocycles. The van der Waals surface area contributed by atoms with Crippen LogP contribution in [0.4, 0.5) is 0 Å². The maximum absolute atomic E-state index is 11.0. The molecule has 1 aliphatic rings. The zero-order valence-electron chi connectivity index (χ0n) is 13.0. The van der Waals surface area contributed by atoms with Gasteiger partial charge in [-0.05, 0) is 29.5 Å². The summed E-state index contributed by atoms with van der Waals surface area (Å²) in [6.07, 6.45) is 1.03. The van der Waals surface area contributed by atoms with Gasteiger partial charge in [0.25, 0.3) is 0 Å². The lowest BCUT2D eigenvalue weighted by molar-refractivity contribution is 0.0689. The molecule has 0 aliphatic carbocycles. The van der Waals surface area contributed by atoms with Gasteiger partial charge >= 0.3 is 5.97 Å². The monoisotopic (exact) mass is 299 g/mol. The van der Waals surface area contributed by atoms with Gasteiger partial charge in [0.1, 0.15) is 0 Å². The van der Waals surface area contributed by atoms with Crippen molar-refractivity contribution in [3.8, 4) is 0 Å². The number of benzene rings is 1. The molecule has 0 saturated heterocycles. The van der Waals surface area contributed by atoms with Crippen LogP contribution < -0.4 is 0 Å². The van der Waals surface area contributed by atoms with Gasteiger partial charge < -0.3 is 5.11 Å². The third-order valence-corrected chi connectivity index (χ3v) is 4.40. The largest absolute Gasteiger partial charge is 0.476 e.